The zero-order valence-electron chi connectivity index (χ0n) is 16.5. The maximum atomic E-state index is 12.1. The van der Waals surface area contributed by atoms with Gasteiger partial charge in [0.15, 0.2) is 0 Å². The SMILES string of the molecule is COc1c(C)cnc(COc2ccc(NC(=O)Nc3ccc(Cl)cc3)cc2)c1C. The molecule has 0 spiro atoms. The fraction of sp³-hybridized carbons (Fsp3) is 0.182. The number of amides is 2. The average molecular weight is 412 g/mol. The molecule has 29 heavy (non-hydrogen) atoms. The molecule has 3 aromatic rings. The minimum atomic E-state index is -0.340. The molecule has 0 radical (unpaired) electrons. The van der Waals surface area contributed by atoms with Crippen LogP contribution in [0.3, 0.4) is 0 Å². The molecule has 2 N–H and O–H groups in total. The van der Waals surface area contributed by atoms with Gasteiger partial charge in [0.2, 0.25) is 0 Å². The van der Waals surface area contributed by atoms with Gasteiger partial charge in [-0.2, -0.15) is 0 Å². The molecule has 0 fully saturated rings. The molecule has 3 rings (SSSR count). The summed E-state index contributed by atoms with van der Waals surface area (Å²) >= 11 is 5.84. The third-order valence-electron chi connectivity index (χ3n) is 4.34. The van der Waals surface area contributed by atoms with Crippen molar-refractivity contribution >= 4 is 29.0 Å². The highest BCUT2D eigenvalue weighted by Crippen LogP contribution is 2.25. The number of nitrogens with zero attached hydrogens (tertiary/aromatic N) is 1. The molecule has 0 aliphatic carbocycles. The van der Waals surface area contributed by atoms with E-state index in [1.54, 1.807) is 61.8 Å². The number of carbonyl (C=O) groups excluding carboxylic acids is 1. The van der Waals surface area contributed by atoms with Crippen molar-refractivity contribution in [2.45, 2.75) is 20.5 Å². The van der Waals surface area contributed by atoms with Gasteiger partial charge in [-0.15, -0.1) is 0 Å². The molecule has 1 aromatic heterocycles. The maximum Gasteiger partial charge on any atom is 0.323 e. The predicted octanol–water partition coefficient (Wildman–Crippen LogP) is 5.58. The van der Waals surface area contributed by atoms with E-state index in [-0.39, 0.29) is 6.03 Å². The van der Waals surface area contributed by atoms with Crippen LogP contribution in [-0.2, 0) is 6.61 Å². The number of aryl methyl sites for hydroxylation is 1. The van der Waals surface area contributed by atoms with Crippen molar-refractivity contribution in [2.75, 3.05) is 17.7 Å². The van der Waals surface area contributed by atoms with Crippen LogP contribution in [0.4, 0.5) is 16.2 Å². The fourth-order valence-electron chi connectivity index (χ4n) is 2.83. The van der Waals surface area contributed by atoms with E-state index in [1.807, 2.05) is 13.8 Å². The molecule has 0 aliphatic heterocycles. The first kappa shape index (κ1) is 20.5. The van der Waals surface area contributed by atoms with E-state index >= 15 is 0 Å². The number of urea groups is 1. The van der Waals surface area contributed by atoms with Gasteiger partial charge >= 0.3 is 6.03 Å². The van der Waals surface area contributed by atoms with Crippen molar-refractivity contribution in [3.8, 4) is 11.5 Å². The second-order valence-electron chi connectivity index (χ2n) is 6.45. The summed E-state index contributed by atoms with van der Waals surface area (Å²) in [4.78, 5) is 16.5. The minimum absolute atomic E-state index is 0.326. The molecule has 0 bridgehead atoms. The number of hydrogen-bond acceptors (Lipinski definition) is 4. The maximum absolute atomic E-state index is 12.1. The molecule has 0 aliphatic rings. The van der Waals surface area contributed by atoms with Crippen LogP contribution in [0.2, 0.25) is 5.02 Å². The molecule has 0 atom stereocenters. The van der Waals surface area contributed by atoms with Crippen LogP contribution in [0.15, 0.2) is 54.7 Å². The molecule has 0 saturated carbocycles. The first-order valence-electron chi connectivity index (χ1n) is 9.02. The van der Waals surface area contributed by atoms with E-state index in [2.05, 4.69) is 15.6 Å². The lowest BCUT2D eigenvalue weighted by atomic mass is 10.1. The Bertz CT molecular complexity index is 989. The normalized spacial score (nSPS) is 10.3. The molecule has 0 unspecified atom stereocenters. The predicted molar refractivity (Wildman–Crippen MR) is 115 cm³/mol. The highest BCUT2D eigenvalue weighted by molar-refractivity contribution is 6.30. The molecule has 7 heteroatoms. The van der Waals surface area contributed by atoms with Gasteiger partial charge in [0, 0.05) is 33.7 Å². The molecule has 150 valence electrons. The second-order valence-corrected chi connectivity index (χ2v) is 6.88. The van der Waals surface area contributed by atoms with Crippen LogP contribution in [0.25, 0.3) is 0 Å². The second kappa shape index (κ2) is 9.30. The van der Waals surface area contributed by atoms with Gasteiger partial charge in [-0.1, -0.05) is 11.6 Å². The van der Waals surface area contributed by atoms with Crippen molar-refractivity contribution < 1.29 is 14.3 Å². The van der Waals surface area contributed by atoms with Crippen molar-refractivity contribution in [1.29, 1.82) is 0 Å². The Hall–Kier alpha value is -3.25. The Labute approximate surface area is 174 Å². The summed E-state index contributed by atoms with van der Waals surface area (Å²) in [6.07, 6.45) is 1.77. The highest BCUT2D eigenvalue weighted by Gasteiger charge is 2.10. The molecule has 1 heterocycles. The third-order valence-corrected chi connectivity index (χ3v) is 4.59. The monoisotopic (exact) mass is 411 g/mol. The molecule has 0 saturated heterocycles. The Morgan fingerprint density at radius 2 is 1.59 bits per heavy atom. The number of ether oxygens (including phenoxy) is 2. The Kier molecular flexibility index (Phi) is 6.57. The van der Waals surface area contributed by atoms with E-state index in [0.29, 0.717) is 28.8 Å². The summed E-state index contributed by atoms with van der Waals surface area (Å²) in [6.45, 7) is 4.24. The number of nitrogens with one attached hydrogen (secondary N) is 2. The number of benzene rings is 2. The minimum Gasteiger partial charge on any atom is -0.496 e. The highest BCUT2D eigenvalue weighted by atomic mass is 35.5. The van der Waals surface area contributed by atoms with Crippen molar-refractivity contribution in [3.05, 3.63) is 76.6 Å². The summed E-state index contributed by atoms with van der Waals surface area (Å²) in [5.41, 5.74) is 4.07. The van der Waals surface area contributed by atoms with Crippen molar-refractivity contribution in [3.63, 3.8) is 0 Å². The van der Waals surface area contributed by atoms with E-state index in [1.165, 1.54) is 0 Å². The van der Waals surface area contributed by atoms with E-state index in [0.717, 1.165) is 22.6 Å². The van der Waals surface area contributed by atoms with Gasteiger partial charge in [-0.3, -0.25) is 4.98 Å². The molecular formula is C22H22ClN3O3. The van der Waals surface area contributed by atoms with Crippen molar-refractivity contribution in [2.24, 2.45) is 0 Å². The summed E-state index contributed by atoms with van der Waals surface area (Å²) in [5.74, 6) is 1.50. The standard InChI is InChI=1S/C22H22ClN3O3/c1-14-12-24-20(15(2)21(14)28-3)13-29-19-10-8-18(9-11-19)26-22(27)25-17-6-4-16(23)5-7-17/h4-12H,13H2,1-3H3,(H2,25,26,27). The van der Waals surface area contributed by atoms with E-state index in [4.69, 9.17) is 21.1 Å². The molecule has 6 nitrogen and oxygen atoms in total. The number of hydrogen-bond donors (Lipinski definition) is 2. The summed E-state index contributed by atoms with van der Waals surface area (Å²) in [7, 11) is 1.65. The number of rotatable bonds is 6. The lowest BCUT2D eigenvalue weighted by molar-refractivity contribution is 0.262. The van der Waals surface area contributed by atoms with E-state index < -0.39 is 0 Å². The van der Waals surface area contributed by atoms with Gasteiger partial charge in [0.05, 0.1) is 12.8 Å². The number of methoxy groups -OCH3 is 1. The molecule has 2 aromatic carbocycles. The number of anilines is 2. The van der Waals surface area contributed by atoms with E-state index in [9.17, 15) is 4.79 Å². The van der Waals surface area contributed by atoms with Gasteiger partial charge in [0.1, 0.15) is 18.1 Å². The first-order chi connectivity index (χ1) is 14.0. The number of halogens is 1. The van der Waals surface area contributed by atoms with Crippen LogP contribution in [0.1, 0.15) is 16.8 Å². The third kappa shape index (κ3) is 5.39. The Morgan fingerprint density at radius 1 is 1.00 bits per heavy atom. The first-order valence-corrected chi connectivity index (χ1v) is 9.39. The van der Waals surface area contributed by atoms with Crippen LogP contribution in [-0.4, -0.2) is 18.1 Å². The molecular weight excluding hydrogens is 390 g/mol. The number of pyridine rings is 1. The topological polar surface area (TPSA) is 72.5 Å². The zero-order chi connectivity index (χ0) is 20.8. The molecule has 2 amide bonds. The number of aromatic nitrogens is 1. The van der Waals surface area contributed by atoms with Gasteiger partial charge < -0.3 is 20.1 Å². The van der Waals surface area contributed by atoms with Gasteiger partial charge in [0.25, 0.3) is 0 Å². The quantitative estimate of drug-likeness (QED) is 0.555. The summed E-state index contributed by atoms with van der Waals surface area (Å²) in [6, 6.07) is 13.7. The van der Waals surface area contributed by atoms with Crippen LogP contribution in [0.5, 0.6) is 11.5 Å². The van der Waals surface area contributed by atoms with Gasteiger partial charge in [-0.25, -0.2) is 4.79 Å². The van der Waals surface area contributed by atoms with Crippen LogP contribution >= 0.6 is 11.6 Å². The lowest BCUT2D eigenvalue weighted by Crippen LogP contribution is -2.19. The fourth-order valence-corrected chi connectivity index (χ4v) is 2.96. The average Bonchev–Trinajstić information content (AvgIpc) is 2.71. The smallest absolute Gasteiger partial charge is 0.323 e. The lowest BCUT2D eigenvalue weighted by Gasteiger charge is -2.13. The van der Waals surface area contributed by atoms with Gasteiger partial charge in [-0.05, 0) is 62.4 Å². The number of carbonyl (C=O) groups is 1. The zero-order valence-corrected chi connectivity index (χ0v) is 17.2. The Balaban J connectivity index is 1.56. The van der Waals surface area contributed by atoms with Crippen LogP contribution in [0, 0.1) is 13.8 Å². The summed E-state index contributed by atoms with van der Waals surface area (Å²) < 4.78 is 11.2. The largest absolute Gasteiger partial charge is 0.496 e. The van der Waals surface area contributed by atoms with Crippen LogP contribution < -0.4 is 20.1 Å². The summed E-state index contributed by atoms with van der Waals surface area (Å²) in [5, 5.41) is 6.12. The Morgan fingerprint density at radius 3 is 2.17 bits per heavy atom. The van der Waals surface area contributed by atoms with Crippen molar-refractivity contribution in [1.82, 2.24) is 4.98 Å².